The highest BCUT2D eigenvalue weighted by Gasteiger charge is 2.16. The van der Waals surface area contributed by atoms with E-state index >= 15 is 0 Å². The third-order valence-corrected chi connectivity index (χ3v) is 5.24. The molecule has 0 aromatic heterocycles. The molecule has 0 N–H and O–H groups in total. The zero-order chi connectivity index (χ0) is 19.5. The molecule has 0 atom stereocenters. The molecular weight excluding hydrogens is 376 g/mol. The van der Waals surface area contributed by atoms with Gasteiger partial charge in [0.05, 0.1) is 17.6 Å². The Hall–Kier alpha value is -1.04. The molecule has 0 rings (SSSR count). The van der Waals surface area contributed by atoms with E-state index in [9.17, 15) is 26.4 Å². The summed E-state index contributed by atoms with van der Waals surface area (Å²) >= 11 is 0. The van der Waals surface area contributed by atoms with Crippen molar-refractivity contribution in [1.82, 2.24) is 0 Å². The maximum absolute atomic E-state index is 11.6. The van der Waals surface area contributed by atoms with Crippen LogP contribution in [0, 0.1) is 0 Å². The van der Waals surface area contributed by atoms with Gasteiger partial charge in [0.2, 0.25) is 0 Å². The van der Waals surface area contributed by atoms with Gasteiger partial charge < -0.3 is 4.74 Å². The van der Waals surface area contributed by atoms with Gasteiger partial charge >= 0.3 is 5.97 Å². The van der Waals surface area contributed by atoms with Gasteiger partial charge in [-0.15, -0.1) is 0 Å². The summed E-state index contributed by atoms with van der Waals surface area (Å²) in [6.07, 6.45) is 1.17. The van der Waals surface area contributed by atoms with Crippen molar-refractivity contribution in [2.24, 2.45) is 0 Å². The molecule has 0 amide bonds. The maximum Gasteiger partial charge on any atom is 0.333 e. The number of hydrogen-bond acceptors (Lipinski definition) is 9. The van der Waals surface area contributed by atoms with Gasteiger partial charge in [-0.25, -0.2) is 4.79 Å². The number of carbonyl (C=O) groups is 2. The molecule has 0 aliphatic rings. The third kappa shape index (κ3) is 15.0. The van der Waals surface area contributed by atoms with E-state index in [1.165, 1.54) is 6.92 Å². The van der Waals surface area contributed by atoms with Crippen LogP contribution in [0.1, 0.15) is 46.5 Å². The quantitative estimate of drug-likeness (QED) is 0.235. The van der Waals surface area contributed by atoms with Crippen LogP contribution in [0.25, 0.3) is 0 Å². The van der Waals surface area contributed by atoms with E-state index in [4.69, 9.17) is 4.74 Å². The van der Waals surface area contributed by atoms with Crippen LogP contribution in [-0.4, -0.2) is 59.4 Å². The number of carbonyl (C=O) groups excluding carboxylic acids is 2. The molecule has 0 aromatic rings. The summed E-state index contributed by atoms with van der Waals surface area (Å²) in [6, 6.07) is 0. The van der Waals surface area contributed by atoms with Crippen LogP contribution in [0.3, 0.4) is 0 Å². The Morgan fingerprint density at radius 3 is 1.64 bits per heavy atom. The Kier molecular flexibility index (Phi) is 11.1. The molecule has 0 radical (unpaired) electrons. The minimum Gasteiger partial charge on any atom is -0.461 e. The highest BCUT2D eigenvalue weighted by molar-refractivity contribution is 7.86. The van der Waals surface area contributed by atoms with Gasteiger partial charge in [-0.05, 0) is 33.6 Å². The number of ketones is 1. The zero-order valence-corrected chi connectivity index (χ0v) is 16.4. The van der Waals surface area contributed by atoms with E-state index in [0.717, 1.165) is 0 Å². The molecule has 0 spiro atoms. The van der Waals surface area contributed by atoms with E-state index in [2.05, 4.69) is 8.37 Å². The summed E-state index contributed by atoms with van der Waals surface area (Å²) in [4.78, 5) is 21.9. The zero-order valence-electron chi connectivity index (χ0n) is 14.7. The second kappa shape index (κ2) is 11.6. The summed E-state index contributed by atoms with van der Waals surface area (Å²) in [6.45, 7) is 3.36. The van der Waals surface area contributed by atoms with Crippen LogP contribution in [0.15, 0.2) is 0 Å². The van der Waals surface area contributed by atoms with E-state index in [1.54, 1.807) is 13.8 Å². The molecule has 0 saturated heterocycles. The third-order valence-electron chi connectivity index (χ3n) is 2.70. The smallest absolute Gasteiger partial charge is 0.333 e. The van der Waals surface area contributed by atoms with Crippen LogP contribution >= 0.6 is 0 Å². The predicted molar refractivity (Wildman–Crippen MR) is 89.9 cm³/mol. The van der Waals surface area contributed by atoms with Crippen LogP contribution in [-0.2, 0) is 42.9 Å². The molecule has 0 aliphatic carbocycles. The van der Waals surface area contributed by atoms with Crippen molar-refractivity contribution in [3.8, 4) is 0 Å². The van der Waals surface area contributed by atoms with Crippen LogP contribution in [0.2, 0.25) is 0 Å². The minimum atomic E-state index is -3.83. The number of hydrogen-bond donors (Lipinski definition) is 0. The van der Waals surface area contributed by atoms with Crippen molar-refractivity contribution in [2.75, 3.05) is 24.7 Å². The molecule has 25 heavy (non-hydrogen) atoms. The highest BCUT2D eigenvalue weighted by Crippen LogP contribution is 2.07. The summed E-state index contributed by atoms with van der Waals surface area (Å²) < 4.78 is 59.8. The van der Waals surface area contributed by atoms with Crippen LogP contribution in [0.4, 0.5) is 0 Å². The first-order valence-corrected chi connectivity index (χ1v) is 11.0. The fourth-order valence-electron chi connectivity index (χ4n) is 1.64. The molecule has 0 unspecified atom stereocenters. The van der Waals surface area contributed by atoms with Crippen molar-refractivity contribution < 1.29 is 39.5 Å². The average molecular weight is 402 g/mol. The topological polar surface area (TPSA) is 130 Å². The molecule has 0 aromatic carbocycles. The largest absolute Gasteiger partial charge is 0.461 e. The van der Waals surface area contributed by atoms with Gasteiger partial charge in [-0.2, -0.15) is 16.8 Å². The number of rotatable bonds is 14. The van der Waals surface area contributed by atoms with E-state index in [1.807, 2.05) is 0 Å². The first-order valence-electron chi connectivity index (χ1n) is 7.86. The second-order valence-corrected chi connectivity index (χ2v) is 9.22. The van der Waals surface area contributed by atoms with E-state index in [-0.39, 0.29) is 29.8 Å². The SMILES string of the molecule is CC(=O)COS(=O)(=O)CCCCCCS(=O)(=O)OCC(=O)OC(C)C. The summed E-state index contributed by atoms with van der Waals surface area (Å²) in [5, 5.41) is 0. The first-order chi connectivity index (χ1) is 11.4. The predicted octanol–water partition coefficient (Wildman–Crippen LogP) is 0.780. The monoisotopic (exact) mass is 402 g/mol. The average Bonchev–Trinajstić information content (AvgIpc) is 2.46. The lowest BCUT2D eigenvalue weighted by Gasteiger charge is -2.08. The van der Waals surface area contributed by atoms with Crippen LogP contribution in [0.5, 0.6) is 0 Å². The maximum atomic E-state index is 11.6. The second-order valence-electron chi connectivity index (χ2n) is 5.70. The standard InChI is InChI=1S/C14H26O9S2/c1-12(2)23-14(16)11-22-25(19,20)9-7-5-4-6-8-24(17,18)21-10-13(3)15/h12H,4-11H2,1-3H3. The van der Waals surface area contributed by atoms with Gasteiger partial charge in [0.15, 0.2) is 12.4 Å². The molecule has 148 valence electrons. The first kappa shape index (κ1) is 24.0. The van der Waals surface area contributed by atoms with Gasteiger partial charge in [0.25, 0.3) is 20.2 Å². The van der Waals surface area contributed by atoms with Crippen molar-refractivity contribution in [3.05, 3.63) is 0 Å². The minimum absolute atomic E-state index is 0.232. The van der Waals surface area contributed by atoms with Crippen molar-refractivity contribution in [3.63, 3.8) is 0 Å². The fraction of sp³-hybridized carbons (Fsp3) is 0.857. The molecule has 0 bridgehead atoms. The Balaban J connectivity index is 3.89. The van der Waals surface area contributed by atoms with Gasteiger partial charge in [-0.1, -0.05) is 12.8 Å². The van der Waals surface area contributed by atoms with Crippen molar-refractivity contribution in [1.29, 1.82) is 0 Å². The summed E-state index contributed by atoms with van der Waals surface area (Å²) in [7, 11) is -7.56. The lowest BCUT2D eigenvalue weighted by Crippen LogP contribution is -2.21. The number of unbranched alkanes of at least 4 members (excludes halogenated alkanes) is 3. The Labute approximate surface area is 149 Å². The molecule has 9 nitrogen and oxygen atoms in total. The highest BCUT2D eigenvalue weighted by atomic mass is 32.2. The molecule has 0 heterocycles. The fourth-order valence-corrected chi connectivity index (χ4v) is 3.61. The number of Topliss-reactive ketones (excluding diaryl/α,β-unsaturated/α-hetero) is 1. The van der Waals surface area contributed by atoms with Crippen molar-refractivity contribution in [2.45, 2.75) is 52.6 Å². The molecule has 0 fully saturated rings. The molecule has 11 heteroatoms. The Morgan fingerprint density at radius 1 is 0.800 bits per heavy atom. The number of ether oxygens (including phenoxy) is 1. The molecule has 0 aliphatic heterocycles. The van der Waals surface area contributed by atoms with E-state index < -0.39 is 39.4 Å². The Morgan fingerprint density at radius 2 is 1.24 bits per heavy atom. The summed E-state index contributed by atoms with van der Waals surface area (Å²) in [5.74, 6) is -1.64. The van der Waals surface area contributed by atoms with E-state index in [0.29, 0.717) is 19.3 Å². The Bertz CT molecular complexity index is 621. The van der Waals surface area contributed by atoms with Crippen LogP contribution < -0.4 is 0 Å². The number of esters is 1. The molecular formula is C14H26O9S2. The lowest BCUT2D eigenvalue weighted by atomic mass is 10.2. The van der Waals surface area contributed by atoms with Gasteiger partial charge in [-0.3, -0.25) is 13.2 Å². The lowest BCUT2D eigenvalue weighted by molar-refractivity contribution is -0.149. The summed E-state index contributed by atoms with van der Waals surface area (Å²) in [5.41, 5.74) is 0. The van der Waals surface area contributed by atoms with Gasteiger partial charge in [0, 0.05) is 0 Å². The van der Waals surface area contributed by atoms with Gasteiger partial charge in [0.1, 0.15) is 6.61 Å². The normalized spacial score (nSPS) is 12.3. The molecule has 0 saturated carbocycles. The van der Waals surface area contributed by atoms with Crippen molar-refractivity contribution >= 4 is 32.0 Å².